The monoisotopic (exact) mass is 313 g/mol. The quantitative estimate of drug-likeness (QED) is 0.812. The van der Waals surface area contributed by atoms with Crippen LogP contribution in [0.25, 0.3) is 10.9 Å². The van der Waals surface area contributed by atoms with Crippen LogP contribution in [-0.4, -0.2) is 48.5 Å². The van der Waals surface area contributed by atoms with Crippen LogP contribution in [0.15, 0.2) is 29.3 Å². The van der Waals surface area contributed by atoms with Gasteiger partial charge in [0.25, 0.3) is 0 Å². The highest BCUT2D eigenvalue weighted by atomic mass is 32.2. The first-order valence-corrected chi connectivity index (χ1v) is 8.49. The van der Waals surface area contributed by atoms with E-state index < -0.39 is 0 Å². The number of pyridine rings is 1. The van der Waals surface area contributed by atoms with Gasteiger partial charge < -0.3 is 4.74 Å². The maximum absolute atomic E-state index is 9.36. The average Bonchev–Trinajstić information content (AvgIpc) is 2.55. The van der Waals surface area contributed by atoms with E-state index in [9.17, 15) is 5.26 Å². The summed E-state index contributed by atoms with van der Waals surface area (Å²) in [5, 5.41) is 11.2. The van der Waals surface area contributed by atoms with Crippen molar-refractivity contribution in [3.05, 3.63) is 35.4 Å². The van der Waals surface area contributed by atoms with E-state index in [1.807, 2.05) is 12.1 Å². The van der Waals surface area contributed by atoms with E-state index in [-0.39, 0.29) is 0 Å². The van der Waals surface area contributed by atoms with Crippen molar-refractivity contribution in [1.29, 1.82) is 5.26 Å². The lowest BCUT2D eigenvalue weighted by molar-refractivity contribution is 0.0410. The first-order chi connectivity index (χ1) is 10.8. The third kappa shape index (κ3) is 3.58. The Kier molecular flexibility index (Phi) is 4.94. The highest BCUT2D eigenvalue weighted by molar-refractivity contribution is 7.99. The molecular formula is C17H19N3OS. The standard InChI is InChI=1S/C17H19N3OS/c1-13-2-3-16-14(10-13)11-15(12-18)17(19-16)22-9-6-20-4-7-21-8-5-20/h2-3,10-11H,4-9H2,1H3. The normalized spacial score (nSPS) is 15.8. The van der Waals surface area contributed by atoms with Crippen LogP contribution in [0.1, 0.15) is 11.1 Å². The summed E-state index contributed by atoms with van der Waals surface area (Å²) < 4.78 is 5.35. The molecule has 114 valence electrons. The molecular weight excluding hydrogens is 294 g/mol. The van der Waals surface area contributed by atoms with Gasteiger partial charge in [0.15, 0.2) is 0 Å². The summed E-state index contributed by atoms with van der Waals surface area (Å²) in [6.07, 6.45) is 0. The van der Waals surface area contributed by atoms with Gasteiger partial charge >= 0.3 is 0 Å². The Morgan fingerprint density at radius 1 is 1.32 bits per heavy atom. The van der Waals surface area contributed by atoms with Crippen LogP contribution in [-0.2, 0) is 4.74 Å². The maximum Gasteiger partial charge on any atom is 0.115 e. The number of fused-ring (bicyclic) bond motifs is 1. The highest BCUT2D eigenvalue weighted by Crippen LogP contribution is 2.25. The van der Waals surface area contributed by atoms with Gasteiger partial charge in [0, 0.05) is 30.8 Å². The molecule has 4 nitrogen and oxygen atoms in total. The fourth-order valence-corrected chi connectivity index (χ4v) is 3.53. The van der Waals surface area contributed by atoms with Crippen molar-refractivity contribution in [3.8, 4) is 6.07 Å². The van der Waals surface area contributed by atoms with Crippen molar-refractivity contribution < 1.29 is 4.74 Å². The summed E-state index contributed by atoms with van der Waals surface area (Å²) >= 11 is 1.67. The van der Waals surface area contributed by atoms with Gasteiger partial charge in [-0.05, 0) is 25.1 Å². The summed E-state index contributed by atoms with van der Waals surface area (Å²) in [6, 6.07) is 10.4. The van der Waals surface area contributed by atoms with E-state index in [0.29, 0.717) is 5.56 Å². The zero-order valence-corrected chi connectivity index (χ0v) is 13.5. The number of hydrogen-bond donors (Lipinski definition) is 0. The molecule has 22 heavy (non-hydrogen) atoms. The fourth-order valence-electron chi connectivity index (χ4n) is 2.56. The zero-order valence-electron chi connectivity index (χ0n) is 12.7. The second kappa shape index (κ2) is 7.10. The zero-order chi connectivity index (χ0) is 15.4. The van der Waals surface area contributed by atoms with Gasteiger partial charge in [0.05, 0.1) is 24.3 Å². The number of nitriles is 1. The molecule has 0 bridgehead atoms. The minimum absolute atomic E-state index is 0.671. The molecule has 1 aromatic heterocycles. The van der Waals surface area contributed by atoms with Crippen molar-refractivity contribution >= 4 is 22.7 Å². The Morgan fingerprint density at radius 3 is 2.91 bits per heavy atom. The van der Waals surface area contributed by atoms with E-state index in [4.69, 9.17) is 4.74 Å². The third-order valence-electron chi connectivity index (χ3n) is 3.81. The van der Waals surface area contributed by atoms with Crippen LogP contribution in [0, 0.1) is 18.3 Å². The number of thioether (sulfide) groups is 1. The number of benzene rings is 1. The Balaban J connectivity index is 1.72. The molecule has 0 radical (unpaired) electrons. The Bertz CT molecular complexity index is 705. The molecule has 5 heteroatoms. The topological polar surface area (TPSA) is 49.2 Å². The number of hydrogen-bond acceptors (Lipinski definition) is 5. The third-order valence-corrected chi connectivity index (χ3v) is 4.78. The van der Waals surface area contributed by atoms with Crippen LogP contribution >= 0.6 is 11.8 Å². The minimum Gasteiger partial charge on any atom is -0.379 e. The van der Waals surface area contributed by atoms with Crippen molar-refractivity contribution in [1.82, 2.24) is 9.88 Å². The van der Waals surface area contributed by atoms with Crippen molar-refractivity contribution in [2.24, 2.45) is 0 Å². The molecule has 2 aromatic rings. The molecule has 1 aromatic carbocycles. The Morgan fingerprint density at radius 2 is 2.14 bits per heavy atom. The molecule has 0 aliphatic carbocycles. The first-order valence-electron chi connectivity index (χ1n) is 7.51. The Hall–Kier alpha value is -1.61. The molecule has 0 amide bonds. The van der Waals surface area contributed by atoms with Crippen LogP contribution in [0.5, 0.6) is 0 Å². The van der Waals surface area contributed by atoms with E-state index in [2.05, 4.69) is 35.0 Å². The molecule has 1 aliphatic heterocycles. The lowest BCUT2D eigenvalue weighted by atomic mass is 10.1. The second-order valence-corrected chi connectivity index (χ2v) is 6.54. The van der Waals surface area contributed by atoms with Gasteiger partial charge in [0.1, 0.15) is 11.1 Å². The molecule has 0 N–H and O–H groups in total. The van der Waals surface area contributed by atoms with Crippen LogP contribution in [0.3, 0.4) is 0 Å². The molecule has 1 saturated heterocycles. The number of aryl methyl sites for hydroxylation is 1. The van der Waals surface area contributed by atoms with Crippen LogP contribution < -0.4 is 0 Å². The van der Waals surface area contributed by atoms with Gasteiger partial charge in [-0.2, -0.15) is 5.26 Å². The van der Waals surface area contributed by atoms with Gasteiger partial charge in [-0.25, -0.2) is 4.98 Å². The van der Waals surface area contributed by atoms with Crippen molar-refractivity contribution in [3.63, 3.8) is 0 Å². The molecule has 2 heterocycles. The SMILES string of the molecule is Cc1ccc2nc(SCCN3CCOCC3)c(C#N)cc2c1. The predicted octanol–water partition coefficient (Wildman–Crippen LogP) is 2.84. The summed E-state index contributed by atoms with van der Waals surface area (Å²) in [5.41, 5.74) is 2.81. The molecule has 3 rings (SSSR count). The first kappa shape index (κ1) is 15.3. The molecule has 1 aliphatic rings. The maximum atomic E-state index is 9.36. The lowest BCUT2D eigenvalue weighted by Crippen LogP contribution is -2.37. The van der Waals surface area contributed by atoms with Crippen LogP contribution in [0.4, 0.5) is 0 Å². The smallest absolute Gasteiger partial charge is 0.115 e. The summed E-state index contributed by atoms with van der Waals surface area (Å²) in [5.74, 6) is 0.944. The molecule has 0 spiro atoms. The van der Waals surface area contributed by atoms with Crippen molar-refractivity contribution in [2.75, 3.05) is 38.6 Å². The van der Waals surface area contributed by atoms with Gasteiger partial charge in [-0.3, -0.25) is 4.90 Å². The summed E-state index contributed by atoms with van der Waals surface area (Å²) in [6.45, 7) is 6.69. The van der Waals surface area contributed by atoms with E-state index in [0.717, 1.165) is 54.5 Å². The summed E-state index contributed by atoms with van der Waals surface area (Å²) in [7, 11) is 0. The fraction of sp³-hybridized carbons (Fsp3) is 0.412. The number of rotatable bonds is 4. The van der Waals surface area contributed by atoms with Crippen LogP contribution in [0.2, 0.25) is 0 Å². The van der Waals surface area contributed by atoms with E-state index >= 15 is 0 Å². The van der Waals surface area contributed by atoms with E-state index in [1.54, 1.807) is 11.8 Å². The second-order valence-electron chi connectivity index (χ2n) is 5.45. The van der Waals surface area contributed by atoms with Gasteiger partial charge in [0.2, 0.25) is 0 Å². The molecule has 0 saturated carbocycles. The van der Waals surface area contributed by atoms with Crippen molar-refractivity contribution in [2.45, 2.75) is 11.9 Å². The molecule has 0 atom stereocenters. The van der Waals surface area contributed by atoms with Gasteiger partial charge in [-0.1, -0.05) is 11.6 Å². The number of ether oxygens (including phenoxy) is 1. The summed E-state index contributed by atoms with van der Waals surface area (Å²) in [4.78, 5) is 7.06. The number of aromatic nitrogens is 1. The lowest BCUT2D eigenvalue weighted by Gasteiger charge is -2.26. The van der Waals surface area contributed by atoms with E-state index in [1.165, 1.54) is 5.56 Å². The predicted molar refractivity (Wildman–Crippen MR) is 89.2 cm³/mol. The highest BCUT2D eigenvalue weighted by Gasteiger charge is 2.12. The minimum atomic E-state index is 0.671. The van der Waals surface area contributed by atoms with Gasteiger partial charge in [-0.15, -0.1) is 11.8 Å². The number of morpholine rings is 1. The Labute approximate surface area is 135 Å². The number of nitrogens with zero attached hydrogens (tertiary/aromatic N) is 3. The largest absolute Gasteiger partial charge is 0.379 e. The average molecular weight is 313 g/mol. The molecule has 1 fully saturated rings. The molecule has 0 unspecified atom stereocenters.